The summed E-state index contributed by atoms with van der Waals surface area (Å²) in [7, 11) is -7.03. The van der Waals surface area contributed by atoms with Crippen LogP contribution in [0.5, 0.6) is 5.75 Å². The molecule has 0 fully saturated rings. The number of nitrogens with one attached hydrogen (secondary N) is 2. The number of anilines is 2. The molecule has 168 valence electrons. The summed E-state index contributed by atoms with van der Waals surface area (Å²) in [4.78, 5) is 10.4. The molecule has 0 saturated carbocycles. The molecule has 0 aromatic heterocycles. The summed E-state index contributed by atoms with van der Waals surface area (Å²) in [5.41, 5.74) is -0.133. The first-order valence-corrected chi connectivity index (χ1v) is 12.2. The van der Waals surface area contributed by atoms with Gasteiger partial charge in [0.2, 0.25) is 0 Å². The van der Waals surface area contributed by atoms with Crippen molar-refractivity contribution in [2.24, 2.45) is 0 Å². The van der Waals surface area contributed by atoms with Crippen LogP contribution in [-0.4, -0.2) is 35.0 Å². The first-order valence-electron chi connectivity index (χ1n) is 8.85. The van der Waals surface area contributed by atoms with Crippen molar-refractivity contribution in [3.63, 3.8) is 0 Å². The zero-order chi connectivity index (χ0) is 23.5. The van der Waals surface area contributed by atoms with Gasteiger partial charge in [0.1, 0.15) is 10.6 Å². The highest BCUT2D eigenvalue weighted by atomic mass is 35.5. The van der Waals surface area contributed by atoms with Crippen LogP contribution < -0.4 is 14.2 Å². The van der Waals surface area contributed by atoms with E-state index < -0.39 is 26.0 Å². The molecule has 3 N–H and O–H groups in total. The predicted molar refractivity (Wildman–Crippen MR) is 119 cm³/mol. The molecule has 3 aromatic rings. The van der Waals surface area contributed by atoms with Crippen molar-refractivity contribution in [2.75, 3.05) is 16.6 Å². The Hall–Kier alpha value is -3.28. The molecule has 0 unspecified atom stereocenters. The van der Waals surface area contributed by atoms with Gasteiger partial charge in [0.15, 0.2) is 0 Å². The van der Waals surface area contributed by atoms with E-state index in [-0.39, 0.29) is 37.5 Å². The van der Waals surface area contributed by atoms with Crippen molar-refractivity contribution < 1.29 is 31.5 Å². The Kier molecular flexibility index (Phi) is 6.63. The fourth-order valence-electron chi connectivity index (χ4n) is 2.71. The second-order valence-electron chi connectivity index (χ2n) is 6.39. The maximum absolute atomic E-state index is 12.9. The Labute approximate surface area is 189 Å². The van der Waals surface area contributed by atoms with E-state index in [1.807, 2.05) is 0 Å². The average molecular weight is 497 g/mol. The van der Waals surface area contributed by atoms with Crippen LogP contribution in [0.2, 0.25) is 5.02 Å². The number of carbonyl (C=O) groups is 1. The number of halogens is 1. The molecule has 3 aromatic carbocycles. The fourth-order valence-corrected chi connectivity index (χ4v) is 5.40. The SMILES string of the molecule is COc1ccccc1NS(=O)(=O)c1cc(NS(=O)(=O)c2cccc(C(=O)O)c2)ccc1Cl. The third kappa shape index (κ3) is 5.13. The van der Waals surface area contributed by atoms with Gasteiger partial charge in [-0.15, -0.1) is 0 Å². The maximum atomic E-state index is 12.9. The van der Waals surface area contributed by atoms with Gasteiger partial charge in [0.25, 0.3) is 20.0 Å². The zero-order valence-corrected chi connectivity index (χ0v) is 18.8. The van der Waals surface area contributed by atoms with Gasteiger partial charge >= 0.3 is 5.97 Å². The third-order valence-corrected chi connectivity index (χ3v) is 7.44. The second-order valence-corrected chi connectivity index (χ2v) is 10.1. The number of para-hydroxylation sites is 2. The lowest BCUT2D eigenvalue weighted by atomic mass is 10.2. The topological polar surface area (TPSA) is 139 Å². The molecular weight excluding hydrogens is 480 g/mol. The minimum absolute atomic E-state index is 0.0875. The molecule has 0 spiro atoms. The Morgan fingerprint density at radius 1 is 0.906 bits per heavy atom. The number of aromatic carboxylic acids is 1. The van der Waals surface area contributed by atoms with E-state index in [9.17, 15) is 21.6 Å². The third-order valence-electron chi connectivity index (χ3n) is 4.22. The van der Waals surface area contributed by atoms with Gasteiger partial charge in [-0.25, -0.2) is 21.6 Å². The molecule has 32 heavy (non-hydrogen) atoms. The summed E-state index contributed by atoms with van der Waals surface area (Å²) in [6.45, 7) is 0. The summed E-state index contributed by atoms with van der Waals surface area (Å²) in [6, 6.07) is 14.6. The maximum Gasteiger partial charge on any atom is 0.335 e. The van der Waals surface area contributed by atoms with E-state index >= 15 is 0 Å². The number of sulfonamides is 2. The summed E-state index contributed by atoms with van der Waals surface area (Å²) in [6.07, 6.45) is 0. The minimum atomic E-state index is -4.21. The first-order chi connectivity index (χ1) is 15.0. The lowest BCUT2D eigenvalue weighted by Crippen LogP contribution is -2.16. The highest BCUT2D eigenvalue weighted by Gasteiger charge is 2.22. The molecule has 0 amide bonds. The molecular formula is C20H17ClN2O7S2. The van der Waals surface area contributed by atoms with Crippen LogP contribution in [-0.2, 0) is 20.0 Å². The standard InChI is InChI=1S/C20H17ClN2O7S2/c1-30-18-8-3-2-7-17(18)23-32(28,29)19-12-14(9-10-16(19)21)22-31(26,27)15-6-4-5-13(11-15)20(24)25/h2-12,22-23H,1H3,(H,24,25). The predicted octanol–water partition coefficient (Wildman–Crippen LogP) is 3.65. The molecule has 0 bridgehead atoms. The van der Waals surface area contributed by atoms with Crippen molar-refractivity contribution in [1.29, 1.82) is 0 Å². The van der Waals surface area contributed by atoms with Gasteiger partial charge in [0.05, 0.1) is 34.0 Å². The highest BCUT2D eigenvalue weighted by Crippen LogP contribution is 2.31. The van der Waals surface area contributed by atoms with Gasteiger partial charge < -0.3 is 9.84 Å². The quantitative estimate of drug-likeness (QED) is 0.432. The van der Waals surface area contributed by atoms with E-state index in [1.54, 1.807) is 18.2 Å². The van der Waals surface area contributed by atoms with Gasteiger partial charge in [-0.05, 0) is 48.5 Å². The Bertz CT molecular complexity index is 1390. The molecule has 0 aliphatic carbocycles. The normalized spacial score (nSPS) is 11.6. The summed E-state index contributed by atoms with van der Waals surface area (Å²) < 4.78 is 60.9. The van der Waals surface area contributed by atoms with Crippen LogP contribution >= 0.6 is 11.6 Å². The second kappa shape index (κ2) is 9.07. The smallest absolute Gasteiger partial charge is 0.335 e. The number of carboxylic acid groups (broad SMARTS) is 1. The van der Waals surface area contributed by atoms with Crippen LogP contribution in [0.4, 0.5) is 11.4 Å². The summed E-state index contributed by atoms with van der Waals surface area (Å²) in [5.74, 6) is -1.01. The highest BCUT2D eigenvalue weighted by molar-refractivity contribution is 7.93. The largest absolute Gasteiger partial charge is 0.495 e. The fraction of sp³-hybridized carbons (Fsp3) is 0.0500. The van der Waals surface area contributed by atoms with Crippen LogP contribution in [0.3, 0.4) is 0 Å². The minimum Gasteiger partial charge on any atom is -0.495 e. The van der Waals surface area contributed by atoms with Crippen LogP contribution in [0, 0.1) is 0 Å². The Morgan fingerprint density at radius 2 is 1.62 bits per heavy atom. The molecule has 0 atom stereocenters. The molecule has 0 radical (unpaired) electrons. The van der Waals surface area contributed by atoms with Gasteiger partial charge in [-0.2, -0.15) is 0 Å². The van der Waals surface area contributed by atoms with Gasteiger partial charge in [-0.1, -0.05) is 29.8 Å². The van der Waals surface area contributed by atoms with E-state index in [4.69, 9.17) is 21.4 Å². The number of ether oxygens (including phenoxy) is 1. The number of carboxylic acids is 1. The van der Waals surface area contributed by atoms with Gasteiger partial charge in [-0.3, -0.25) is 9.44 Å². The van der Waals surface area contributed by atoms with Crippen LogP contribution in [0.25, 0.3) is 0 Å². The number of methoxy groups -OCH3 is 1. The summed E-state index contributed by atoms with van der Waals surface area (Å²) >= 11 is 6.07. The molecule has 0 aliphatic heterocycles. The average Bonchev–Trinajstić information content (AvgIpc) is 2.75. The van der Waals surface area contributed by atoms with E-state index in [2.05, 4.69) is 9.44 Å². The Morgan fingerprint density at radius 3 is 2.31 bits per heavy atom. The van der Waals surface area contributed by atoms with Crippen LogP contribution in [0.1, 0.15) is 10.4 Å². The summed E-state index contributed by atoms with van der Waals surface area (Å²) in [5, 5.41) is 8.93. The van der Waals surface area contributed by atoms with Crippen molar-refractivity contribution >= 4 is 49.0 Å². The van der Waals surface area contributed by atoms with Crippen molar-refractivity contribution in [2.45, 2.75) is 9.79 Å². The zero-order valence-electron chi connectivity index (χ0n) is 16.4. The van der Waals surface area contributed by atoms with Gasteiger partial charge in [0, 0.05) is 0 Å². The van der Waals surface area contributed by atoms with Crippen molar-refractivity contribution in [3.05, 3.63) is 77.3 Å². The number of benzene rings is 3. The first kappa shape index (κ1) is 23.4. The molecule has 0 heterocycles. The van der Waals surface area contributed by atoms with E-state index in [0.717, 1.165) is 12.1 Å². The molecule has 3 rings (SSSR count). The van der Waals surface area contributed by atoms with E-state index in [0.29, 0.717) is 0 Å². The lowest BCUT2D eigenvalue weighted by Gasteiger charge is -2.14. The van der Waals surface area contributed by atoms with E-state index in [1.165, 1.54) is 43.5 Å². The van der Waals surface area contributed by atoms with Crippen molar-refractivity contribution in [3.8, 4) is 5.75 Å². The molecule has 9 nitrogen and oxygen atoms in total. The monoisotopic (exact) mass is 496 g/mol. The lowest BCUT2D eigenvalue weighted by molar-refractivity contribution is 0.0696. The number of rotatable bonds is 8. The Balaban J connectivity index is 1.95. The molecule has 0 aliphatic rings. The molecule has 12 heteroatoms. The number of hydrogen-bond acceptors (Lipinski definition) is 6. The number of hydrogen-bond donors (Lipinski definition) is 3. The van der Waals surface area contributed by atoms with Crippen molar-refractivity contribution in [1.82, 2.24) is 0 Å². The molecule has 0 saturated heterocycles. The van der Waals surface area contributed by atoms with Crippen LogP contribution in [0.15, 0.2) is 76.5 Å².